The fourth-order valence-corrected chi connectivity index (χ4v) is 1.57. The molecule has 0 aromatic carbocycles. The van der Waals surface area contributed by atoms with E-state index in [0.29, 0.717) is 0 Å². The number of rotatable bonds is 2. The van der Waals surface area contributed by atoms with E-state index in [9.17, 15) is 8.42 Å². The zero-order chi connectivity index (χ0) is 8.10. The molecule has 5 heteroatoms. The molecule has 0 saturated carbocycles. The third-order valence-corrected chi connectivity index (χ3v) is 2.11. The van der Waals surface area contributed by atoms with E-state index in [1.807, 2.05) is 0 Å². The molecule has 1 fully saturated rings. The molecule has 1 saturated heterocycles. The molecule has 1 rings (SSSR count). The monoisotopic (exact) mass is 179 g/mol. The minimum absolute atomic E-state index is 0.739. The van der Waals surface area contributed by atoms with Gasteiger partial charge in [0.05, 0.1) is 0 Å². The topological polar surface area (TPSA) is 46.6 Å². The van der Waals surface area contributed by atoms with Crippen LogP contribution < -0.4 is 0 Å². The van der Waals surface area contributed by atoms with Gasteiger partial charge in [0.25, 0.3) is 11.0 Å². The Morgan fingerprint density at radius 1 is 1.00 bits per heavy atom. The lowest BCUT2D eigenvalue weighted by molar-refractivity contribution is -0.0429. The molecule has 0 bridgehead atoms. The summed E-state index contributed by atoms with van der Waals surface area (Å²) in [6, 6.07) is 0. The second-order valence-electron chi connectivity index (χ2n) is 2.65. The Hall–Kier alpha value is -0.130. The first-order valence-corrected chi connectivity index (χ1v) is 4.96. The summed E-state index contributed by atoms with van der Waals surface area (Å²) < 4.78 is 24.9. The van der Waals surface area contributed by atoms with Crippen molar-refractivity contribution >= 4 is 11.0 Å². The molecule has 0 aromatic rings. The quantitative estimate of drug-likeness (QED) is 0.620. The molecule has 66 valence electrons. The largest absolute Gasteiger partial charge is 0.273 e. The summed E-state index contributed by atoms with van der Waals surface area (Å²) in [5, 5.41) is 1.53. The summed E-state index contributed by atoms with van der Waals surface area (Å²) in [5.74, 6) is 0. The van der Waals surface area contributed by atoms with E-state index < -0.39 is 11.0 Å². The van der Waals surface area contributed by atoms with Gasteiger partial charge in [0.1, 0.15) is 0 Å². The summed E-state index contributed by atoms with van der Waals surface area (Å²) >= 11 is 0. The molecule has 11 heavy (non-hydrogen) atoms. The minimum Gasteiger partial charge on any atom is -0.201 e. The van der Waals surface area contributed by atoms with E-state index in [0.717, 1.165) is 25.9 Å². The molecule has 0 spiro atoms. The van der Waals surface area contributed by atoms with Gasteiger partial charge in [0, 0.05) is 13.1 Å². The smallest absolute Gasteiger partial charge is 0.201 e. The lowest BCUT2D eigenvalue weighted by atomic mass is 10.2. The van der Waals surface area contributed by atoms with Gasteiger partial charge in [-0.15, -0.1) is 0 Å². The maximum Gasteiger partial charge on any atom is 0.273 e. The van der Waals surface area contributed by atoms with Crippen molar-refractivity contribution in [3.8, 4) is 0 Å². The number of hydrogen-bond donors (Lipinski definition) is 1. The first kappa shape index (κ1) is 8.96. The second kappa shape index (κ2) is 4.69. The fourth-order valence-electron chi connectivity index (χ4n) is 1.22. The van der Waals surface area contributed by atoms with Crippen LogP contribution in [0.25, 0.3) is 0 Å². The van der Waals surface area contributed by atoms with E-state index in [-0.39, 0.29) is 0 Å². The Bertz CT molecular complexity index is 165. The van der Waals surface area contributed by atoms with E-state index in [4.69, 9.17) is 0 Å². The fraction of sp³-hybridized carbons (Fsp3) is 1.00. The van der Waals surface area contributed by atoms with Crippen molar-refractivity contribution in [3.05, 3.63) is 0 Å². The lowest BCUT2D eigenvalue weighted by Gasteiger charge is -2.13. The Balaban J connectivity index is 2.30. The van der Waals surface area contributed by atoms with Crippen molar-refractivity contribution in [2.75, 3.05) is 13.1 Å². The van der Waals surface area contributed by atoms with Crippen LogP contribution in [0.4, 0.5) is 0 Å². The van der Waals surface area contributed by atoms with Gasteiger partial charge in [0.2, 0.25) is 0 Å². The highest BCUT2D eigenvalue weighted by molar-refractivity contribution is 7.67. The molecular weight excluding hydrogens is 166 g/mol. The summed E-state index contributed by atoms with van der Waals surface area (Å²) in [7, 11) is -2.71. The molecule has 0 radical (unpaired) electrons. The normalized spacial score (nSPS) is 21.9. The van der Waals surface area contributed by atoms with Crippen molar-refractivity contribution < 1.29 is 12.7 Å². The van der Waals surface area contributed by atoms with Gasteiger partial charge < -0.3 is 0 Å². The average Bonchev–Trinajstić information content (AvgIpc) is 2.14. The predicted molar refractivity (Wildman–Crippen MR) is 41.4 cm³/mol. The summed E-state index contributed by atoms with van der Waals surface area (Å²) in [6.07, 6.45) is 4.41. The van der Waals surface area contributed by atoms with Crippen LogP contribution in [-0.2, 0) is 15.3 Å². The standard InChI is InChI=1S/C6H13NO3S/c8-11(9)10-7-5-3-1-2-4-6-7/h11H,1-6H2. The number of hydrogen-bond acceptors (Lipinski definition) is 4. The summed E-state index contributed by atoms with van der Waals surface area (Å²) in [4.78, 5) is 0. The van der Waals surface area contributed by atoms with Gasteiger partial charge in [-0.3, -0.25) is 0 Å². The van der Waals surface area contributed by atoms with Crippen molar-refractivity contribution in [2.45, 2.75) is 25.7 Å². The third-order valence-electron chi connectivity index (χ3n) is 1.75. The van der Waals surface area contributed by atoms with E-state index in [1.54, 1.807) is 0 Å². The zero-order valence-electron chi connectivity index (χ0n) is 6.36. The van der Waals surface area contributed by atoms with Gasteiger partial charge in [-0.2, -0.15) is 9.35 Å². The van der Waals surface area contributed by atoms with Crippen LogP contribution in [0.1, 0.15) is 25.7 Å². The van der Waals surface area contributed by atoms with Crippen molar-refractivity contribution in [1.82, 2.24) is 5.06 Å². The molecule has 4 nitrogen and oxygen atoms in total. The predicted octanol–water partition coefficient (Wildman–Crippen LogP) is 0.320. The zero-order valence-corrected chi connectivity index (χ0v) is 7.26. The number of thiol groups is 1. The summed E-state index contributed by atoms with van der Waals surface area (Å²) in [6.45, 7) is 1.48. The van der Waals surface area contributed by atoms with Gasteiger partial charge in [-0.05, 0) is 12.8 Å². The molecule has 1 aliphatic rings. The molecule has 0 unspecified atom stereocenters. The number of hydroxylamine groups is 2. The highest BCUT2D eigenvalue weighted by Crippen LogP contribution is 2.09. The van der Waals surface area contributed by atoms with Crippen LogP contribution in [0, 0.1) is 0 Å². The maximum absolute atomic E-state index is 10.2. The van der Waals surface area contributed by atoms with Gasteiger partial charge >= 0.3 is 0 Å². The highest BCUT2D eigenvalue weighted by Gasteiger charge is 2.09. The van der Waals surface area contributed by atoms with Crippen LogP contribution in [0.3, 0.4) is 0 Å². The minimum atomic E-state index is -2.71. The molecule has 0 N–H and O–H groups in total. The van der Waals surface area contributed by atoms with Crippen LogP contribution in [0.15, 0.2) is 0 Å². The third kappa shape index (κ3) is 3.69. The average molecular weight is 179 g/mol. The Kier molecular flexibility index (Phi) is 3.82. The van der Waals surface area contributed by atoms with Crippen molar-refractivity contribution in [2.24, 2.45) is 0 Å². The van der Waals surface area contributed by atoms with Crippen LogP contribution in [0.2, 0.25) is 0 Å². The van der Waals surface area contributed by atoms with E-state index in [2.05, 4.69) is 4.28 Å². The first-order valence-electron chi connectivity index (χ1n) is 3.86. The maximum atomic E-state index is 10.2. The lowest BCUT2D eigenvalue weighted by Crippen LogP contribution is -2.24. The van der Waals surface area contributed by atoms with Crippen molar-refractivity contribution in [3.63, 3.8) is 0 Å². The molecule has 0 aliphatic carbocycles. The highest BCUT2D eigenvalue weighted by atomic mass is 32.2. The number of nitrogens with zero attached hydrogens (tertiary/aromatic N) is 1. The van der Waals surface area contributed by atoms with E-state index >= 15 is 0 Å². The first-order chi connectivity index (χ1) is 5.29. The van der Waals surface area contributed by atoms with Gasteiger partial charge in [-0.1, -0.05) is 12.8 Å². The molecule has 0 aromatic heterocycles. The molecule has 1 heterocycles. The Morgan fingerprint density at radius 3 is 2.00 bits per heavy atom. The van der Waals surface area contributed by atoms with Crippen LogP contribution in [0.5, 0.6) is 0 Å². The SMILES string of the molecule is O=[SH](=O)ON1CCCCCC1. The molecular formula is C6H13NO3S. The second-order valence-corrected chi connectivity index (χ2v) is 3.26. The van der Waals surface area contributed by atoms with E-state index in [1.165, 1.54) is 17.9 Å². The molecule has 0 amide bonds. The van der Waals surface area contributed by atoms with Crippen molar-refractivity contribution in [1.29, 1.82) is 0 Å². The van der Waals surface area contributed by atoms with Gasteiger partial charge in [0.15, 0.2) is 0 Å². The molecule has 1 aliphatic heterocycles. The van der Waals surface area contributed by atoms with Gasteiger partial charge in [-0.25, -0.2) is 8.42 Å². The Morgan fingerprint density at radius 2 is 1.55 bits per heavy atom. The van der Waals surface area contributed by atoms with Crippen LogP contribution >= 0.6 is 0 Å². The van der Waals surface area contributed by atoms with Crippen LogP contribution in [-0.4, -0.2) is 26.6 Å². The molecule has 0 atom stereocenters. The Labute approximate surface area is 68.3 Å². The summed E-state index contributed by atoms with van der Waals surface area (Å²) in [5.41, 5.74) is 0.